The quantitative estimate of drug-likeness (QED) is 0.0320. The number of likely N-dealkylation sites (N-methyl/N-ethyl adjacent to an activating group) is 3. The minimum absolute atomic E-state index is 0.00429. The summed E-state index contributed by atoms with van der Waals surface area (Å²) < 4.78 is 118. The molecule has 15 N–H and O–H groups in total. The highest BCUT2D eigenvalue weighted by molar-refractivity contribution is 6.15. The Morgan fingerprint density at radius 1 is 0.393 bits per heavy atom. The van der Waals surface area contributed by atoms with Crippen molar-refractivity contribution in [3.8, 4) is 6.07 Å². The number of nitrogen functional groups attached to an aromatic ring is 4. The molecule has 1 unspecified atom stereocenters. The molecule has 7 aliphatic heterocycles. The van der Waals surface area contributed by atoms with Crippen LogP contribution >= 0.6 is 0 Å². The number of piperazine rings is 1. The number of hydrogen-bond acceptors (Lipinski definition) is 33. The van der Waals surface area contributed by atoms with Crippen LogP contribution in [-0.2, 0) is 19.2 Å². The third-order valence-corrected chi connectivity index (χ3v) is 26.4. The second-order valence-electron chi connectivity index (χ2n) is 36.8. The Hall–Kier alpha value is -16.0. The zero-order valence-electron chi connectivity index (χ0n) is 79.7. The van der Waals surface area contributed by atoms with Crippen molar-refractivity contribution in [3.05, 3.63) is 168 Å². The summed E-state index contributed by atoms with van der Waals surface area (Å²) in [5.41, 5.74) is 23.4. The number of likely N-dealkylation sites (tertiary alicyclic amines) is 2. The van der Waals surface area contributed by atoms with Gasteiger partial charge in [-0.1, -0.05) is 0 Å². The number of pyridine rings is 4. The van der Waals surface area contributed by atoms with Crippen LogP contribution < -0.4 is 79.8 Å². The van der Waals surface area contributed by atoms with Crippen molar-refractivity contribution in [3.63, 3.8) is 0 Å². The number of halogens is 8. The molecule has 45 nitrogen and oxygen atoms in total. The molecule has 7 aliphatic rings. The van der Waals surface area contributed by atoms with Crippen molar-refractivity contribution in [1.82, 2.24) is 119 Å². The van der Waals surface area contributed by atoms with Crippen LogP contribution in [0.15, 0.2) is 99.1 Å². The lowest BCUT2D eigenvalue weighted by atomic mass is 9.78. The van der Waals surface area contributed by atoms with Crippen molar-refractivity contribution in [2.75, 3.05) is 217 Å². The minimum atomic E-state index is -1.19. The van der Waals surface area contributed by atoms with E-state index in [4.69, 9.17) is 22.9 Å². The van der Waals surface area contributed by atoms with E-state index in [9.17, 15) is 74.4 Å². The average molecular weight is 2010 g/mol. The fourth-order valence-electron chi connectivity index (χ4n) is 18.8. The second-order valence-corrected chi connectivity index (χ2v) is 36.8. The highest BCUT2D eigenvalue weighted by Gasteiger charge is 2.46. The number of nitrogens with two attached hydrogens (primary N) is 4. The largest absolute Gasteiger partial charge is 0.381 e. The van der Waals surface area contributed by atoms with Crippen LogP contribution in [0.1, 0.15) is 106 Å². The predicted molar refractivity (Wildman–Crippen MR) is 516 cm³/mol. The molecule has 7 saturated heterocycles. The highest BCUT2D eigenvalue weighted by atomic mass is 19.2. The number of rotatable bonds is 22. The summed E-state index contributed by atoms with van der Waals surface area (Å²) in [4.78, 5) is 152. The normalized spacial score (nSPS) is 17.2. The van der Waals surface area contributed by atoms with Crippen molar-refractivity contribution in [1.29, 1.82) is 5.26 Å². The molecule has 12 aromatic rings. The molecule has 0 aromatic carbocycles. The summed E-state index contributed by atoms with van der Waals surface area (Å²) in [7, 11) is 9.99. The molecule has 8 amide bonds. The van der Waals surface area contributed by atoms with Gasteiger partial charge in [0.1, 0.15) is 50.4 Å². The van der Waals surface area contributed by atoms with Gasteiger partial charge in [-0.15, -0.1) is 20.4 Å². The molecule has 1 atom stereocenters. The van der Waals surface area contributed by atoms with Gasteiger partial charge in [-0.2, -0.15) is 5.26 Å². The van der Waals surface area contributed by atoms with Gasteiger partial charge in [-0.05, 0) is 113 Å². The third kappa shape index (κ3) is 23.0. The lowest BCUT2D eigenvalue weighted by Gasteiger charge is -2.42. The molecule has 19 rings (SSSR count). The molecule has 53 heteroatoms. The van der Waals surface area contributed by atoms with Crippen LogP contribution in [0, 0.1) is 81.0 Å². The molecule has 7 fully saturated rings. The second kappa shape index (κ2) is 44.3. The number of fused-ring (bicyclic) bond motifs is 4. The van der Waals surface area contributed by atoms with Crippen LogP contribution in [0.25, 0.3) is 22.6 Å². The topological polar surface area (TPSA) is 550 Å². The van der Waals surface area contributed by atoms with E-state index in [0.29, 0.717) is 97.4 Å². The van der Waals surface area contributed by atoms with E-state index < -0.39 is 75.6 Å². The molecule has 0 saturated carbocycles. The fraction of sp³-hybridized carbons (Fsp3) is 0.424. The number of nitrogens with one attached hydrogen (secondary N) is 7. The van der Waals surface area contributed by atoms with Crippen molar-refractivity contribution in [2.45, 2.75) is 76.3 Å². The number of aromatic nitrogens is 16. The van der Waals surface area contributed by atoms with Gasteiger partial charge in [0.2, 0.25) is 23.6 Å². The van der Waals surface area contributed by atoms with Gasteiger partial charge in [0.05, 0.1) is 134 Å². The third-order valence-electron chi connectivity index (χ3n) is 26.4. The average Bonchev–Trinajstić information content (AvgIpc) is 1.62. The number of carbonyl (C=O) groups excluding carboxylic acids is 8. The summed E-state index contributed by atoms with van der Waals surface area (Å²) in [6.45, 7) is 10.7. The Morgan fingerprint density at radius 2 is 0.703 bits per heavy atom. The van der Waals surface area contributed by atoms with Crippen LogP contribution in [0.2, 0.25) is 0 Å². The standard InChI is InChI=1S/C24H26F2N10O2.C23H27F2N9O2.C23H29F2N9O2.C22H25F2N9O2/c1-33-6-8-35(9-7-33)23(38)24(14-27)2-4-34(5-3-24)19-16(26)11-29-12-17(19)31-22(37)18-20(28)32-36-13-15(25)10-30-21(18)36;1-32-5-4-15(12-32)29-22(35)13-2-6-33(7-3-13)19-16(25)9-27-10-17(19)30-23(36)18-20(26)31-34-11-14(24)8-28-21(18)34;1-32(2)7-3-6-28-22(35)14-4-8-33(9-5-14)19-16(25)11-27-12-17(19)30-23(36)18-20(26)31-34-13-15(24)10-29-21(18)34;1-31-10-14(11-31)28-21(34)12-2-4-32(5-3-12)18-15(24)7-26-8-16(18)29-22(35)17-19(25)30-33-9-13(23)6-27-20(17)33/h10-13H,2-9H2,1H3,(H2,28,32)(H,31,37);8-11,13,15H,2-7,12H2,1H3,(H2,26,31)(H,29,35)(H,30,36);10-14H,3-9H2,1-2H3,(H2,26,31)(H,28,35)(H,30,36);6-9,12,14H,2-5,10-11H2,1H3,(H2,25,30)(H,28,34)(H,29,35). The van der Waals surface area contributed by atoms with E-state index in [0.717, 1.165) is 151 Å². The summed E-state index contributed by atoms with van der Waals surface area (Å²) in [5, 5.41) is 45.4. The van der Waals surface area contributed by atoms with Gasteiger partial charge in [0.25, 0.3) is 23.6 Å². The molecule has 12 aromatic heterocycles. The van der Waals surface area contributed by atoms with E-state index in [1.165, 1.54) is 24.8 Å². The number of piperidine rings is 4. The first-order valence-corrected chi connectivity index (χ1v) is 46.8. The maximum absolute atomic E-state index is 15.1. The molecule has 764 valence electrons. The first kappa shape index (κ1) is 102. The van der Waals surface area contributed by atoms with Gasteiger partial charge < -0.3 is 104 Å². The Labute approximate surface area is 822 Å². The maximum Gasteiger partial charge on any atom is 0.263 e. The summed E-state index contributed by atoms with van der Waals surface area (Å²) in [6.07, 6.45) is 23.1. The molecule has 0 radical (unpaired) electrons. The maximum atomic E-state index is 15.1. The number of nitriles is 1. The molecular weight excluding hydrogens is 1900 g/mol. The number of nitrogens with zero attached hydrogens (tertiary/aromatic N) is 26. The number of carbonyl (C=O) groups is 8. The summed E-state index contributed by atoms with van der Waals surface area (Å²) in [6, 6.07) is 2.59. The van der Waals surface area contributed by atoms with Gasteiger partial charge in [-0.25, -0.2) is 73.1 Å². The zero-order chi connectivity index (χ0) is 103. The van der Waals surface area contributed by atoms with Crippen molar-refractivity contribution in [2.24, 2.45) is 23.2 Å². The van der Waals surface area contributed by atoms with Crippen molar-refractivity contribution < 1.29 is 73.5 Å². The Bertz CT molecular complexity index is 6900. The summed E-state index contributed by atoms with van der Waals surface area (Å²) >= 11 is 0. The first-order valence-electron chi connectivity index (χ1n) is 46.8. The Balaban J connectivity index is 0.000000139. The van der Waals surface area contributed by atoms with Gasteiger partial charge in [0.15, 0.2) is 92.4 Å². The predicted octanol–water partition coefficient (Wildman–Crippen LogP) is 4.80. The highest BCUT2D eigenvalue weighted by Crippen LogP contribution is 2.42. The Morgan fingerprint density at radius 3 is 1.01 bits per heavy atom. The van der Waals surface area contributed by atoms with Crippen LogP contribution in [0.5, 0.6) is 0 Å². The molecule has 0 spiro atoms. The number of amides is 8. The van der Waals surface area contributed by atoms with Crippen LogP contribution in [-0.4, -0.2) is 315 Å². The van der Waals surface area contributed by atoms with Crippen molar-refractivity contribution >= 4 is 139 Å². The molecule has 145 heavy (non-hydrogen) atoms. The first-order chi connectivity index (χ1) is 69.6. The Kier molecular flexibility index (Phi) is 31.1. The smallest absolute Gasteiger partial charge is 0.263 e. The van der Waals surface area contributed by atoms with Gasteiger partial charge in [-0.3, -0.25) is 58.3 Å². The summed E-state index contributed by atoms with van der Waals surface area (Å²) in [5.74, 6) is -9.00. The van der Waals surface area contributed by atoms with E-state index in [1.807, 2.05) is 35.2 Å². The fourth-order valence-corrected chi connectivity index (χ4v) is 18.8. The van der Waals surface area contributed by atoms with Crippen LogP contribution in [0.3, 0.4) is 0 Å². The molecular formula is C92H107F8N37O8. The lowest BCUT2D eigenvalue weighted by Crippen LogP contribution is -2.58. The number of hydrogen-bond donors (Lipinski definition) is 11. The monoisotopic (exact) mass is 2010 g/mol. The van der Waals surface area contributed by atoms with Crippen LogP contribution in [0.4, 0.5) is 104 Å². The van der Waals surface area contributed by atoms with E-state index in [2.05, 4.69) is 123 Å². The van der Waals surface area contributed by atoms with E-state index >= 15 is 4.39 Å². The minimum Gasteiger partial charge on any atom is -0.381 e. The molecule has 0 aliphatic carbocycles. The molecule has 19 heterocycles. The van der Waals surface area contributed by atoms with E-state index in [1.54, 1.807) is 24.5 Å². The SMILES string of the molecule is CN(C)CCCNC(=O)C1CCN(c2c(F)cncc2NC(=O)c2c(N)nn3cc(F)cnc23)CC1.CN1CC(NC(=O)C2CCN(c3c(F)cncc3NC(=O)c3c(N)nn4cc(F)cnc34)CC2)C1.CN1CCC(NC(=O)C2CCN(c3c(F)cncc3NC(=O)c3c(N)nn4cc(F)cnc34)CC2)C1.CN1CCN(C(=O)C2(C#N)CCN(c3c(F)cncc3NC(=O)c3c(N)nn4cc(F)cnc34)CC2)CC1. The number of anilines is 12. The zero-order valence-corrected chi connectivity index (χ0v) is 79.7. The van der Waals surface area contributed by atoms with Gasteiger partial charge in [0, 0.05) is 129 Å². The van der Waals surface area contributed by atoms with Gasteiger partial charge >= 0.3 is 0 Å². The van der Waals surface area contributed by atoms with E-state index in [-0.39, 0.29) is 193 Å². The lowest BCUT2D eigenvalue weighted by molar-refractivity contribution is -0.141. The molecule has 0 bridgehead atoms.